The van der Waals surface area contributed by atoms with E-state index in [0.717, 1.165) is 19.5 Å². The highest BCUT2D eigenvalue weighted by Gasteiger charge is 2.27. The van der Waals surface area contributed by atoms with E-state index >= 15 is 0 Å². The summed E-state index contributed by atoms with van der Waals surface area (Å²) in [6.07, 6.45) is 0.856. The van der Waals surface area contributed by atoms with E-state index in [1.807, 2.05) is 7.05 Å². The van der Waals surface area contributed by atoms with Crippen LogP contribution in [0.15, 0.2) is 23.1 Å². The Morgan fingerprint density at radius 1 is 1.15 bits per heavy atom. The zero-order valence-electron chi connectivity index (χ0n) is 11.7. The summed E-state index contributed by atoms with van der Waals surface area (Å²) in [6, 6.07) is 5.03. The van der Waals surface area contributed by atoms with Crippen molar-refractivity contribution in [2.75, 3.05) is 33.2 Å². The van der Waals surface area contributed by atoms with E-state index < -0.39 is 10.0 Å². The SMILES string of the molecule is Cc1c(Cl)cccc1S(=O)(=O)N1CCCN(C)CC1.Cl. The van der Waals surface area contributed by atoms with E-state index in [1.54, 1.807) is 29.4 Å². The van der Waals surface area contributed by atoms with Gasteiger partial charge in [-0.1, -0.05) is 17.7 Å². The molecule has 20 heavy (non-hydrogen) atoms. The van der Waals surface area contributed by atoms with Crippen LogP contribution in [-0.4, -0.2) is 50.8 Å². The Morgan fingerprint density at radius 3 is 2.55 bits per heavy atom. The van der Waals surface area contributed by atoms with Gasteiger partial charge in [0.1, 0.15) is 0 Å². The molecule has 7 heteroatoms. The molecular weight excluding hydrogens is 319 g/mol. The highest BCUT2D eigenvalue weighted by atomic mass is 35.5. The second kappa shape index (κ2) is 7.09. The van der Waals surface area contributed by atoms with E-state index in [0.29, 0.717) is 28.6 Å². The van der Waals surface area contributed by atoms with Gasteiger partial charge in [-0.15, -0.1) is 12.4 Å². The average Bonchev–Trinajstić information content (AvgIpc) is 2.57. The normalized spacial score (nSPS) is 18.4. The van der Waals surface area contributed by atoms with Crippen molar-refractivity contribution < 1.29 is 8.42 Å². The lowest BCUT2D eigenvalue weighted by Gasteiger charge is -2.21. The third-order valence-electron chi connectivity index (χ3n) is 3.51. The summed E-state index contributed by atoms with van der Waals surface area (Å²) in [5, 5.41) is 0.494. The minimum atomic E-state index is -3.44. The highest BCUT2D eigenvalue weighted by molar-refractivity contribution is 7.89. The average molecular weight is 339 g/mol. The van der Waals surface area contributed by atoms with Crippen molar-refractivity contribution in [1.82, 2.24) is 9.21 Å². The van der Waals surface area contributed by atoms with Gasteiger partial charge in [-0.25, -0.2) is 8.42 Å². The van der Waals surface area contributed by atoms with Crippen molar-refractivity contribution in [2.24, 2.45) is 0 Å². The maximum absolute atomic E-state index is 12.7. The number of likely N-dealkylation sites (N-methyl/N-ethyl adjacent to an activating group) is 1. The molecule has 0 aliphatic carbocycles. The monoisotopic (exact) mass is 338 g/mol. The summed E-state index contributed by atoms with van der Waals surface area (Å²) in [6.45, 7) is 4.54. The van der Waals surface area contributed by atoms with Crippen LogP contribution in [0.2, 0.25) is 5.02 Å². The van der Waals surface area contributed by atoms with Crippen molar-refractivity contribution >= 4 is 34.0 Å². The van der Waals surface area contributed by atoms with Crippen LogP contribution in [0, 0.1) is 6.92 Å². The van der Waals surface area contributed by atoms with E-state index in [-0.39, 0.29) is 12.4 Å². The first kappa shape index (κ1) is 17.7. The molecule has 0 unspecified atom stereocenters. The van der Waals surface area contributed by atoms with Gasteiger partial charge in [-0.05, 0) is 44.6 Å². The van der Waals surface area contributed by atoms with Crippen molar-refractivity contribution in [3.8, 4) is 0 Å². The molecule has 0 spiro atoms. The third kappa shape index (κ3) is 3.65. The van der Waals surface area contributed by atoms with Gasteiger partial charge >= 0.3 is 0 Å². The Kier molecular flexibility index (Phi) is 6.28. The second-order valence-electron chi connectivity index (χ2n) is 4.92. The maximum atomic E-state index is 12.7. The summed E-state index contributed by atoms with van der Waals surface area (Å²) in [5.74, 6) is 0. The number of rotatable bonds is 2. The fourth-order valence-electron chi connectivity index (χ4n) is 2.27. The number of halogens is 2. The molecule has 1 aliphatic heterocycles. The molecule has 0 N–H and O–H groups in total. The smallest absolute Gasteiger partial charge is 0.243 e. The molecule has 0 radical (unpaired) electrons. The number of benzene rings is 1. The largest absolute Gasteiger partial charge is 0.305 e. The molecule has 1 fully saturated rings. The number of hydrogen-bond acceptors (Lipinski definition) is 3. The summed E-state index contributed by atoms with van der Waals surface area (Å²) in [4.78, 5) is 2.48. The first-order chi connectivity index (χ1) is 8.93. The van der Waals surface area contributed by atoms with Gasteiger partial charge in [0.2, 0.25) is 10.0 Å². The number of sulfonamides is 1. The molecule has 0 aromatic heterocycles. The van der Waals surface area contributed by atoms with E-state index in [9.17, 15) is 8.42 Å². The second-order valence-corrected chi connectivity index (χ2v) is 7.24. The van der Waals surface area contributed by atoms with Crippen LogP contribution < -0.4 is 0 Å². The van der Waals surface area contributed by atoms with E-state index in [1.165, 1.54) is 0 Å². The van der Waals surface area contributed by atoms with Crippen LogP contribution in [0.3, 0.4) is 0 Å². The van der Waals surface area contributed by atoms with Gasteiger partial charge in [-0.2, -0.15) is 4.31 Å². The molecule has 0 saturated carbocycles. The fraction of sp³-hybridized carbons (Fsp3) is 0.538. The molecule has 1 saturated heterocycles. The molecular formula is C13H20Cl2N2O2S. The Hall–Kier alpha value is -0.330. The molecule has 1 aromatic carbocycles. The fourth-order valence-corrected chi connectivity index (χ4v) is 4.22. The van der Waals surface area contributed by atoms with Gasteiger partial charge < -0.3 is 4.90 Å². The van der Waals surface area contributed by atoms with E-state index in [2.05, 4.69) is 4.90 Å². The summed E-state index contributed by atoms with van der Waals surface area (Å²) >= 11 is 6.02. The van der Waals surface area contributed by atoms with Crippen LogP contribution in [0.5, 0.6) is 0 Å². The van der Waals surface area contributed by atoms with Crippen LogP contribution in [0.25, 0.3) is 0 Å². The zero-order valence-corrected chi connectivity index (χ0v) is 14.1. The van der Waals surface area contributed by atoms with Crippen molar-refractivity contribution in [3.05, 3.63) is 28.8 Å². The van der Waals surface area contributed by atoms with Gasteiger partial charge in [-0.3, -0.25) is 0 Å². The Balaban J connectivity index is 0.00000200. The summed E-state index contributed by atoms with van der Waals surface area (Å²) < 4.78 is 26.9. The molecule has 114 valence electrons. The van der Waals surface area contributed by atoms with Crippen LogP contribution in [0.1, 0.15) is 12.0 Å². The van der Waals surface area contributed by atoms with Crippen molar-refractivity contribution in [1.29, 1.82) is 0 Å². The van der Waals surface area contributed by atoms with E-state index in [4.69, 9.17) is 11.6 Å². The van der Waals surface area contributed by atoms with Gasteiger partial charge in [0, 0.05) is 24.7 Å². The molecule has 0 amide bonds. The third-order valence-corrected chi connectivity index (χ3v) is 5.97. The molecule has 2 rings (SSSR count). The molecule has 1 aromatic rings. The lowest BCUT2D eigenvalue weighted by molar-refractivity contribution is 0.347. The lowest BCUT2D eigenvalue weighted by Crippen LogP contribution is -2.34. The highest BCUT2D eigenvalue weighted by Crippen LogP contribution is 2.26. The predicted molar refractivity (Wildman–Crippen MR) is 84.3 cm³/mol. The summed E-state index contributed by atoms with van der Waals surface area (Å²) in [5.41, 5.74) is 0.627. The standard InChI is InChI=1S/C13H19ClN2O2S.ClH/c1-11-12(14)5-3-6-13(11)19(17,18)16-8-4-7-15(2)9-10-16;/h3,5-6H,4,7-10H2,1-2H3;1H. The molecule has 4 nitrogen and oxygen atoms in total. The minimum Gasteiger partial charge on any atom is -0.305 e. The van der Waals surface area contributed by atoms with Crippen molar-refractivity contribution in [3.63, 3.8) is 0 Å². The predicted octanol–water partition coefficient (Wildman–Crippen LogP) is 2.40. The van der Waals surface area contributed by atoms with Gasteiger partial charge in [0.25, 0.3) is 0 Å². The van der Waals surface area contributed by atoms with Gasteiger partial charge in [0.15, 0.2) is 0 Å². The first-order valence-electron chi connectivity index (χ1n) is 6.37. The maximum Gasteiger partial charge on any atom is 0.243 e. The first-order valence-corrected chi connectivity index (χ1v) is 8.18. The number of hydrogen-bond donors (Lipinski definition) is 0. The quantitative estimate of drug-likeness (QED) is 0.831. The molecule has 0 bridgehead atoms. The number of nitrogens with zero attached hydrogens (tertiary/aromatic N) is 2. The summed E-state index contributed by atoms with van der Waals surface area (Å²) in [7, 11) is -1.43. The topological polar surface area (TPSA) is 40.6 Å². The Labute approximate surface area is 132 Å². The Morgan fingerprint density at radius 2 is 1.85 bits per heavy atom. The van der Waals surface area contributed by atoms with Gasteiger partial charge in [0.05, 0.1) is 4.90 Å². The molecule has 1 aliphatic rings. The van der Waals surface area contributed by atoms with Crippen molar-refractivity contribution in [2.45, 2.75) is 18.2 Å². The van der Waals surface area contributed by atoms with Crippen LogP contribution >= 0.6 is 24.0 Å². The Bertz CT molecular complexity index is 563. The van der Waals surface area contributed by atoms with Crippen LogP contribution in [0.4, 0.5) is 0 Å². The van der Waals surface area contributed by atoms with Crippen LogP contribution in [-0.2, 0) is 10.0 Å². The molecule has 0 atom stereocenters. The molecule has 1 heterocycles. The minimum absolute atomic E-state index is 0. The zero-order chi connectivity index (χ0) is 14.0. The lowest BCUT2D eigenvalue weighted by atomic mass is 10.2.